The van der Waals surface area contributed by atoms with Gasteiger partial charge < -0.3 is 5.11 Å². The molecule has 1 unspecified atom stereocenters. The lowest BCUT2D eigenvalue weighted by molar-refractivity contribution is -0.111. The Bertz CT molecular complexity index is 592. The normalized spacial score (nSPS) is 50.6. The number of hydrogen-bond acceptors (Lipinski definition) is 2. The lowest BCUT2D eigenvalue weighted by Crippen LogP contribution is -2.50. The van der Waals surface area contributed by atoms with E-state index in [0.717, 1.165) is 38.5 Å². The summed E-state index contributed by atoms with van der Waals surface area (Å²) in [5.41, 5.74) is 1.23. The fourth-order valence-electron chi connectivity index (χ4n) is 6.25. The molecule has 22 heavy (non-hydrogen) atoms. The van der Waals surface area contributed by atoms with E-state index in [2.05, 4.69) is 19.9 Å². The van der Waals surface area contributed by atoms with Crippen molar-refractivity contribution < 1.29 is 9.90 Å². The van der Waals surface area contributed by atoms with Crippen LogP contribution < -0.4 is 0 Å². The Hall–Kier alpha value is -0.600. The Morgan fingerprint density at radius 3 is 2.73 bits per heavy atom. The highest BCUT2D eigenvalue weighted by Crippen LogP contribution is 2.64. The number of carbonyl (C=O) groups is 1. The van der Waals surface area contributed by atoms with E-state index in [-0.39, 0.29) is 22.7 Å². The minimum atomic E-state index is -0.129. The van der Waals surface area contributed by atoms with E-state index >= 15 is 0 Å². The Morgan fingerprint density at radius 2 is 1.95 bits per heavy atom. The first-order valence-corrected chi connectivity index (χ1v) is 9.06. The number of halogens is 1. The lowest BCUT2D eigenvalue weighted by atomic mass is 9.48. The summed E-state index contributed by atoms with van der Waals surface area (Å²) in [5.74, 6) is 1.83. The third-order valence-electron chi connectivity index (χ3n) is 7.60. The van der Waals surface area contributed by atoms with Crippen molar-refractivity contribution in [1.29, 1.82) is 0 Å². The highest BCUT2D eigenvalue weighted by Gasteiger charge is 2.58. The van der Waals surface area contributed by atoms with Crippen LogP contribution in [0.25, 0.3) is 0 Å². The van der Waals surface area contributed by atoms with Crippen LogP contribution in [0.5, 0.6) is 0 Å². The first kappa shape index (κ1) is 15.0. The Morgan fingerprint density at radius 1 is 1.18 bits per heavy atom. The standard InChI is InChI=1S/C19H25ClO2/c1-18-10-8-15(21)17(20)14(18)4-3-11-12-5-6-16(22)19(12,2)9-7-13(11)18/h8,10-13,16,22H,3-7,9H2,1-2H3/t11-,12-,13-,16?,18+,19-/m0/s1. The predicted octanol–water partition coefficient (Wildman–Crippen LogP) is 4.22. The van der Waals surface area contributed by atoms with Gasteiger partial charge in [0.05, 0.1) is 11.1 Å². The summed E-state index contributed by atoms with van der Waals surface area (Å²) < 4.78 is 0. The zero-order chi connectivity index (χ0) is 15.7. The summed E-state index contributed by atoms with van der Waals surface area (Å²) in [6.07, 6.45) is 10.1. The summed E-state index contributed by atoms with van der Waals surface area (Å²) in [4.78, 5) is 11.9. The molecule has 4 aliphatic rings. The third-order valence-corrected chi connectivity index (χ3v) is 8.01. The molecule has 4 rings (SSSR count). The van der Waals surface area contributed by atoms with Gasteiger partial charge in [-0.1, -0.05) is 31.5 Å². The lowest BCUT2D eigenvalue weighted by Gasteiger charge is -2.56. The average molecular weight is 321 g/mol. The van der Waals surface area contributed by atoms with Gasteiger partial charge in [-0.2, -0.15) is 0 Å². The molecule has 3 saturated carbocycles. The van der Waals surface area contributed by atoms with E-state index in [0.29, 0.717) is 22.8 Å². The van der Waals surface area contributed by atoms with E-state index in [9.17, 15) is 9.90 Å². The van der Waals surface area contributed by atoms with Gasteiger partial charge in [0.15, 0.2) is 5.78 Å². The van der Waals surface area contributed by atoms with Crippen molar-refractivity contribution in [2.45, 2.75) is 58.5 Å². The highest BCUT2D eigenvalue weighted by atomic mass is 35.5. The van der Waals surface area contributed by atoms with Gasteiger partial charge in [-0.15, -0.1) is 0 Å². The summed E-state index contributed by atoms with van der Waals surface area (Å²) in [6.45, 7) is 4.57. The number of ketones is 1. The molecule has 120 valence electrons. The topological polar surface area (TPSA) is 37.3 Å². The summed E-state index contributed by atoms with van der Waals surface area (Å²) in [5, 5.41) is 10.9. The minimum Gasteiger partial charge on any atom is -0.393 e. The maximum atomic E-state index is 11.9. The Balaban J connectivity index is 1.73. The molecule has 0 aromatic rings. The zero-order valence-corrected chi connectivity index (χ0v) is 14.2. The van der Waals surface area contributed by atoms with Gasteiger partial charge in [-0.3, -0.25) is 4.79 Å². The average Bonchev–Trinajstić information content (AvgIpc) is 2.79. The quantitative estimate of drug-likeness (QED) is 0.725. The van der Waals surface area contributed by atoms with Crippen LogP contribution in [0.2, 0.25) is 0 Å². The highest BCUT2D eigenvalue weighted by molar-refractivity contribution is 6.45. The molecule has 0 aromatic carbocycles. The SMILES string of the molecule is C[C@]12C=CC(=O)C(Cl)=C1CC[C@@H]1[C@@H]2CC[C@]2(C)C(O)CC[C@@H]12. The molecule has 3 fully saturated rings. The van der Waals surface area contributed by atoms with Crippen LogP contribution in [0.15, 0.2) is 22.8 Å². The van der Waals surface area contributed by atoms with E-state index in [1.165, 1.54) is 5.57 Å². The van der Waals surface area contributed by atoms with E-state index in [1.54, 1.807) is 6.08 Å². The Labute approximate surface area is 137 Å². The third kappa shape index (κ3) is 1.74. The molecule has 3 heteroatoms. The van der Waals surface area contributed by atoms with Crippen molar-refractivity contribution in [1.82, 2.24) is 0 Å². The van der Waals surface area contributed by atoms with Crippen molar-refractivity contribution >= 4 is 17.4 Å². The molecule has 0 heterocycles. The van der Waals surface area contributed by atoms with Crippen molar-refractivity contribution in [3.8, 4) is 0 Å². The molecule has 0 bridgehead atoms. The van der Waals surface area contributed by atoms with Gasteiger partial charge in [-0.05, 0) is 73.3 Å². The van der Waals surface area contributed by atoms with Gasteiger partial charge in [0, 0.05) is 5.41 Å². The number of allylic oxidation sites excluding steroid dienone is 4. The van der Waals surface area contributed by atoms with Crippen LogP contribution in [-0.4, -0.2) is 17.0 Å². The van der Waals surface area contributed by atoms with Gasteiger partial charge in [0.2, 0.25) is 0 Å². The number of aliphatic hydroxyl groups is 1. The molecule has 0 spiro atoms. The van der Waals surface area contributed by atoms with E-state index in [1.807, 2.05) is 0 Å². The minimum absolute atomic E-state index is 0.0236. The summed E-state index contributed by atoms with van der Waals surface area (Å²) >= 11 is 6.36. The number of hydrogen-bond donors (Lipinski definition) is 1. The van der Waals surface area contributed by atoms with Crippen molar-refractivity contribution in [2.24, 2.45) is 28.6 Å². The zero-order valence-electron chi connectivity index (χ0n) is 13.4. The number of fused-ring (bicyclic) bond motifs is 5. The maximum absolute atomic E-state index is 11.9. The monoisotopic (exact) mass is 320 g/mol. The molecule has 6 atom stereocenters. The van der Waals surface area contributed by atoms with Gasteiger partial charge in [0.25, 0.3) is 0 Å². The molecule has 0 saturated heterocycles. The van der Waals surface area contributed by atoms with E-state index < -0.39 is 0 Å². The second-order valence-electron chi connectivity index (χ2n) is 8.33. The van der Waals surface area contributed by atoms with E-state index in [4.69, 9.17) is 11.6 Å². The predicted molar refractivity (Wildman–Crippen MR) is 87.4 cm³/mol. The van der Waals surface area contributed by atoms with Crippen LogP contribution in [0.3, 0.4) is 0 Å². The number of carbonyl (C=O) groups excluding carboxylic acids is 1. The smallest absolute Gasteiger partial charge is 0.196 e. The molecular formula is C19H25ClO2. The van der Waals surface area contributed by atoms with Crippen molar-refractivity contribution in [3.63, 3.8) is 0 Å². The van der Waals surface area contributed by atoms with Crippen LogP contribution in [-0.2, 0) is 4.79 Å². The molecular weight excluding hydrogens is 296 g/mol. The molecule has 0 amide bonds. The second kappa shape index (κ2) is 4.70. The van der Waals surface area contributed by atoms with Crippen molar-refractivity contribution in [3.05, 3.63) is 22.8 Å². The summed E-state index contributed by atoms with van der Waals surface area (Å²) in [7, 11) is 0. The van der Waals surface area contributed by atoms with Crippen LogP contribution in [0.4, 0.5) is 0 Å². The molecule has 4 aliphatic carbocycles. The molecule has 2 nitrogen and oxygen atoms in total. The number of rotatable bonds is 0. The van der Waals surface area contributed by atoms with Gasteiger partial charge in [-0.25, -0.2) is 0 Å². The fourth-order valence-corrected chi connectivity index (χ4v) is 6.61. The van der Waals surface area contributed by atoms with Crippen LogP contribution in [0, 0.1) is 28.6 Å². The molecule has 1 N–H and O–H groups in total. The van der Waals surface area contributed by atoms with Gasteiger partial charge >= 0.3 is 0 Å². The largest absolute Gasteiger partial charge is 0.393 e. The van der Waals surface area contributed by atoms with Crippen LogP contribution in [0.1, 0.15) is 52.4 Å². The Kier molecular flexibility index (Phi) is 3.20. The fraction of sp³-hybridized carbons (Fsp3) is 0.737. The molecule has 0 aliphatic heterocycles. The van der Waals surface area contributed by atoms with Crippen LogP contribution >= 0.6 is 11.6 Å². The van der Waals surface area contributed by atoms with Crippen molar-refractivity contribution in [2.75, 3.05) is 0 Å². The molecule has 0 radical (unpaired) electrons. The summed E-state index contributed by atoms with van der Waals surface area (Å²) in [6, 6.07) is 0. The number of aliphatic hydroxyl groups excluding tert-OH is 1. The first-order valence-electron chi connectivity index (χ1n) is 8.68. The maximum Gasteiger partial charge on any atom is 0.196 e. The van der Waals surface area contributed by atoms with Gasteiger partial charge in [0.1, 0.15) is 0 Å². The second-order valence-corrected chi connectivity index (χ2v) is 8.70. The molecule has 0 aromatic heterocycles. The first-order chi connectivity index (χ1) is 10.4.